The Kier molecular flexibility index (Phi) is 4.12. The molecular weight excluding hydrogens is 320 g/mol. The van der Waals surface area contributed by atoms with Crippen LogP contribution < -0.4 is 0 Å². The Morgan fingerprint density at radius 1 is 1.17 bits per heavy atom. The van der Waals surface area contributed by atoms with Crippen LogP contribution in [0.4, 0.5) is 0 Å². The third kappa shape index (κ3) is 2.85. The van der Waals surface area contributed by atoms with Gasteiger partial charge >= 0.3 is 0 Å². The van der Waals surface area contributed by atoms with Crippen LogP contribution >= 0.6 is 11.3 Å². The van der Waals surface area contributed by atoms with Crippen LogP contribution in [0.25, 0.3) is 10.2 Å². The van der Waals surface area contributed by atoms with E-state index < -0.39 is 0 Å². The summed E-state index contributed by atoms with van der Waals surface area (Å²) in [5, 5.41) is 2.08. The van der Waals surface area contributed by atoms with E-state index in [0.717, 1.165) is 11.2 Å². The van der Waals surface area contributed by atoms with Gasteiger partial charge < -0.3 is 14.2 Å². The van der Waals surface area contributed by atoms with Crippen LogP contribution in [0.3, 0.4) is 0 Å². The van der Waals surface area contributed by atoms with Crippen molar-refractivity contribution in [1.82, 2.24) is 9.47 Å². The van der Waals surface area contributed by atoms with Gasteiger partial charge in [0.2, 0.25) is 0 Å². The van der Waals surface area contributed by atoms with E-state index in [1.54, 1.807) is 11.3 Å². The van der Waals surface area contributed by atoms with E-state index in [9.17, 15) is 4.79 Å². The van der Waals surface area contributed by atoms with Gasteiger partial charge in [0, 0.05) is 19.6 Å². The molecule has 0 N–H and O–H groups in total. The van der Waals surface area contributed by atoms with Crippen LogP contribution in [0.5, 0.6) is 0 Å². The van der Waals surface area contributed by atoms with Gasteiger partial charge in [-0.2, -0.15) is 0 Å². The molecular formula is C19H20N2O2S. The Morgan fingerprint density at radius 2 is 1.92 bits per heavy atom. The summed E-state index contributed by atoms with van der Waals surface area (Å²) >= 11 is 1.68. The first kappa shape index (κ1) is 15.4. The Hall–Kier alpha value is -2.11. The maximum Gasteiger partial charge on any atom is 0.270 e. The number of amides is 1. The summed E-state index contributed by atoms with van der Waals surface area (Å²) in [4.78, 5) is 14.9. The highest BCUT2D eigenvalue weighted by Crippen LogP contribution is 2.27. The molecule has 0 unspecified atom stereocenters. The Labute approximate surface area is 145 Å². The van der Waals surface area contributed by atoms with Crippen molar-refractivity contribution in [1.29, 1.82) is 0 Å². The van der Waals surface area contributed by atoms with Gasteiger partial charge in [-0.3, -0.25) is 4.79 Å². The van der Waals surface area contributed by atoms with Gasteiger partial charge in [-0.25, -0.2) is 0 Å². The molecule has 0 aliphatic carbocycles. The number of aromatic nitrogens is 1. The van der Waals surface area contributed by atoms with E-state index in [1.807, 2.05) is 11.0 Å². The molecule has 1 saturated heterocycles. The first-order valence-electron chi connectivity index (χ1n) is 8.22. The number of hydrogen-bond donors (Lipinski definition) is 0. The molecule has 0 radical (unpaired) electrons. The normalized spacial score (nSPS) is 15.1. The van der Waals surface area contributed by atoms with Crippen LogP contribution in [0.15, 0.2) is 41.8 Å². The van der Waals surface area contributed by atoms with Gasteiger partial charge in [0.25, 0.3) is 5.91 Å². The largest absolute Gasteiger partial charge is 0.378 e. The Bertz CT molecular complexity index is 857. The zero-order chi connectivity index (χ0) is 16.5. The minimum absolute atomic E-state index is 0.105. The number of fused-ring (bicyclic) bond motifs is 1. The van der Waals surface area contributed by atoms with E-state index in [-0.39, 0.29) is 5.91 Å². The minimum atomic E-state index is 0.105. The van der Waals surface area contributed by atoms with Gasteiger partial charge in [0.1, 0.15) is 5.69 Å². The summed E-state index contributed by atoms with van der Waals surface area (Å²) in [5.74, 6) is 0.105. The maximum absolute atomic E-state index is 13.0. The van der Waals surface area contributed by atoms with Gasteiger partial charge in [-0.1, -0.05) is 29.8 Å². The van der Waals surface area contributed by atoms with Gasteiger partial charge in [-0.15, -0.1) is 11.3 Å². The molecule has 1 aromatic carbocycles. The van der Waals surface area contributed by atoms with Crippen LogP contribution in [0.1, 0.15) is 21.6 Å². The summed E-state index contributed by atoms with van der Waals surface area (Å²) in [5.41, 5.74) is 4.37. The molecule has 0 atom stereocenters. The zero-order valence-electron chi connectivity index (χ0n) is 13.7. The second-order valence-corrected chi connectivity index (χ2v) is 7.12. The van der Waals surface area contributed by atoms with Crippen LogP contribution in [0, 0.1) is 6.92 Å². The predicted octanol–water partition coefficient (Wildman–Crippen LogP) is 3.53. The lowest BCUT2D eigenvalue weighted by Crippen LogP contribution is -2.41. The highest BCUT2D eigenvalue weighted by atomic mass is 32.1. The van der Waals surface area contributed by atoms with Crippen LogP contribution in [-0.2, 0) is 11.3 Å². The smallest absolute Gasteiger partial charge is 0.270 e. The molecule has 2 aromatic heterocycles. The van der Waals surface area contributed by atoms with Crippen molar-refractivity contribution in [2.45, 2.75) is 13.5 Å². The van der Waals surface area contributed by atoms with Crippen molar-refractivity contribution in [3.05, 3.63) is 58.6 Å². The number of nitrogens with zero attached hydrogens (tertiary/aromatic N) is 2. The topological polar surface area (TPSA) is 34.5 Å². The third-order valence-electron chi connectivity index (χ3n) is 4.50. The molecule has 4 nitrogen and oxygen atoms in total. The second-order valence-electron chi connectivity index (χ2n) is 6.18. The van der Waals surface area contributed by atoms with Gasteiger partial charge in [-0.05, 0) is 30.0 Å². The molecule has 3 heterocycles. The number of benzene rings is 1. The predicted molar refractivity (Wildman–Crippen MR) is 96.8 cm³/mol. The lowest BCUT2D eigenvalue weighted by molar-refractivity contribution is 0.0296. The van der Waals surface area contributed by atoms with Crippen molar-refractivity contribution in [3.8, 4) is 0 Å². The van der Waals surface area contributed by atoms with E-state index in [4.69, 9.17) is 4.74 Å². The molecule has 4 rings (SSSR count). The van der Waals surface area contributed by atoms with Crippen molar-refractivity contribution >= 4 is 27.5 Å². The summed E-state index contributed by atoms with van der Waals surface area (Å²) in [6.45, 7) is 5.39. The van der Waals surface area contributed by atoms with Crippen molar-refractivity contribution in [2.75, 3.05) is 26.3 Å². The molecule has 0 saturated carbocycles. The van der Waals surface area contributed by atoms with Crippen LogP contribution in [-0.4, -0.2) is 41.7 Å². The fourth-order valence-electron chi connectivity index (χ4n) is 3.13. The first-order chi connectivity index (χ1) is 11.7. The third-order valence-corrected chi connectivity index (χ3v) is 5.35. The van der Waals surface area contributed by atoms with Crippen LogP contribution in [0.2, 0.25) is 0 Å². The standard InChI is InChI=1S/C19H20N2O2S/c1-14-2-4-15(5-3-14)13-21-16-6-11-24-18(16)12-17(21)19(22)20-7-9-23-10-8-20/h2-6,11-12H,7-10,13H2,1H3. The fraction of sp³-hybridized carbons (Fsp3) is 0.316. The molecule has 124 valence electrons. The van der Waals surface area contributed by atoms with Crippen molar-refractivity contribution in [2.24, 2.45) is 0 Å². The van der Waals surface area contributed by atoms with E-state index in [2.05, 4.69) is 47.2 Å². The van der Waals surface area contributed by atoms with E-state index >= 15 is 0 Å². The quantitative estimate of drug-likeness (QED) is 0.731. The fourth-order valence-corrected chi connectivity index (χ4v) is 3.95. The highest BCUT2D eigenvalue weighted by Gasteiger charge is 2.23. The first-order valence-corrected chi connectivity index (χ1v) is 9.09. The number of morpholine rings is 1. The molecule has 0 bridgehead atoms. The van der Waals surface area contributed by atoms with Crippen molar-refractivity contribution in [3.63, 3.8) is 0 Å². The van der Waals surface area contributed by atoms with Gasteiger partial charge in [0.05, 0.1) is 23.4 Å². The lowest BCUT2D eigenvalue weighted by atomic mass is 10.1. The Morgan fingerprint density at radius 3 is 2.67 bits per heavy atom. The summed E-state index contributed by atoms with van der Waals surface area (Å²) in [6, 6.07) is 12.6. The molecule has 1 amide bonds. The molecule has 1 fully saturated rings. The average Bonchev–Trinajstić information content (AvgIpc) is 3.19. The summed E-state index contributed by atoms with van der Waals surface area (Å²) in [6.07, 6.45) is 0. The molecule has 0 spiro atoms. The number of thiophene rings is 1. The lowest BCUT2D eigenvalue weighted by Gasteiger charge is -2.27. The molecule has 5 heteroatoms. The number of hydrogen-bond acceptors (Lipinski definition) is 3. The Balaban J connectivity index is 1.71. The van der Waals surface area contributed by atoms with Gasteiger partial charge in [0.15, 0.2) is 0 Å². The molecule has 1 aliphatic heterocycles. The number of ether oxygens (including phenoxy) is 1. The number of rotatable bonds is 3. The maximum atomic E-state index is 13.0. The number of aryl methyl sites for hydroxylation is 1. The van der Waals surface area contributed by atoms with Crippen molar-refractivity contribution < 1.29 is 9.53 Å². The summed E-state index contributed by atoms with van der Waals surface area (Å²) in [7, 11) is 0. The number of carbonyl (C=O) groups is 1. The molecule has 1 aliphatic rings. The highest BCUT2D eigenvalue weighted by molar-refractivity contribution is 7.17. The number of carbonyl (C=O) groups excluding carboxylic acids is 1. The zero-order valence-corrected chi connectivity index (χ0v) is 14.5. The molecule has 3 aromatic rings. The minimum Gasteiger partial charge on any atom is -0.378 e. The van der Waals surface area contributed by atoms with E-state index in [1.165, 1.54) is 15.8 Å². The monoisotopic (exact) mass is 340 g/mol. The molecule has 24 heavy (non-hydrogen) atoms. The van der Waals surface area contributed by atoms with E-state index in [0.29, 0.717) is 32.8 Å². The summed E-state index contributed by atoms with van der Waals surface area (Å²) < 4.78 is 8.68. The SMILES string of the molecule is Cc1ccc(Cn2c(C(=O)N3CCOCC3)cc3sccc32)cc1. The average molecular weight is 340 g/mol. The second kappa shape index (κ2) is 6.42.